The minimum atomic E-state index is -1.64. The van der Waals surface area contributed by atoms with E-state index in [1.54, 1.807) is 0 Å². The molecule has 0 radical (unpaired) electrons. The van der Waals surface area contributed by atoms with Gasteiger partial charge in [-0.15, -0.1) is 0 Å². The van der Waals surface area contributed by atoms with Crippen LogP contribution in [0, 0.1) is 0 Å². The molecule has 10 heteroatoms. The van der Waals surface area contributed by atoms with Crippen molar-refractivity contribution in [2.24, 2.45) is 0 Å². The lowest BCUT2D eigenvalue weighted by molar-refractivity contribution is -0.199. The summed E-state index contributed by atoms with van der Waals surface area (Å²) >= 11 is 0. The molecule has 0 aromatic carbocycles. The predicted octanol–water partition coefficient (Wildman–Crippen LogP) is -1.10. The number of carbonyl (C=O) groups excluding carboxylic acids is 5. The van der Waals surface area contributed by atoms with E-state index in [4.69, 9.17) is 18.9 Å². The van der Waals surface area contributed by atoms with E-state index in [9.17, 15) is 29.1 Å². The van der Waals surface area contributed by atoms with Crippen LogP contribution in [-0.4, -0.2) is 66.3 Å². The molecule has 1 N–H and O–H groups in total. The normalized spacial score (nSPS) is 15.2. The Morgan fingerprint density at radius 3 is 1.54 bits per heavy atom. The molecule has 10 nitrogen and oxygen atoms in total. The van der Waals surface area contributed by atoms with Crippen LogP contribution in [-0.2, 0) is 42.9 Å². The van der Waals surface area contributed by atoms with E-state index in [-0.39, 0.29) is 6.29 Å². The summed E-state index contributed by atoms with van der Waals surface area (Å²) < 4.78 is 19.4. The van der Waals surface area contributed by atoms with E-state index >= 15 is 0 Å². The van der Waals surface area contributed by atoms with Crippen molar-refractivity contribution in [2.45, 2.75) is 52.1 Å². The second kappa shape index (κ2) is 10.3. The number of hydrogen-bond donors (Lipinski definition) is 1. The highest BCUT2D eigenvalue weighted by Gasteiger charge is 2.43. The van der Waals surface area contributed by atoms with Crippen LogP contribution in [0.5, 0.6) is 0 Å². The Hall–Kier alpha value is -2.49. The van der Waals surface area contributed by atoms with Gasteiger partial charge in [0, 0.05) is 27.7 Å². The van der Waals surface area contributed by atoms with Crippen molar-refractivity contribution < 1.29 is 48.0 Å². The smallest absolute Gasteiger partial charge is 0.303 e. The molecule has 0 saturated carbocycles. The van der Waals surface area contributed by atoms with E-state index in [2.05, 4.69) is 0 Å². The van der Waals surface area contributed by atoms with Crippen molar-refractivity contribution in [2.75, 3.05) is 6.61 Å². The largest absolute Gasteiger partial charge is 0.456 e. The molecule has 0 fully saturated rings. The molecular weight excluding hydrogens is 328 g/mol. The molecule has 0 saturated heterocycles. The maximum atomic E-state index is 11.3. The number of carbonyl (C=O) groups is 5. The highest BCUT2D eigenvalue weighted by atomic mass is 16.6. The molecule has 0 unspecified atom stereocenters. The molecule has 0 aliphatic heterocycles. The zero-order valence-corrected chi connectivity index (χ0v) is 13.7. The van der Waals surface area contributed by atoms with Gasteiger partial charge < -0.3 is 24.1 Å². The second-order valence-electron chi connectivity index (χ2n) is 4.69. The summed E-state index contributed by atoms with van der Waals surface area (Å²) in [7, 11) is 0. The Morgan fingerprint density at radius 2 is 1.21 bits per heavy atom. The van der Waals surface area contributed by atoms with Crippen molar-refractivity contribution in [1.29, 1.82) is 0 Å². The zero-order chi connectivity index (χ0) is 18.9. The van der Waals surface area contributed by atoms with Gasteiger partial charge in [0.15, 0.2) is 30.7 Å². The summed E-state index contributed by atoms with van der Waals surface area (Å²) in [6.45, 7) is 3.27. The molecule has 0 amide bonds. The molecule has 0 aromatic rings. The standard InChI is InChI=1S/C14H20O10/c1-7(17)21-11(5-15)13(23-9(3)19)14(24-10(4)20)12(6-16)22-8(2)18/h5,11-14,16H,6H2,1-4H3/t11-,12-,13-,14+/m0/s1. The Labute approximate surface area is 138 Å². The summed E-state index contributed by atoms with van der Waals surface area (Å²) in [5.74, 6) is -3.42. The van der Waals surface area contributed by atoms with Crippen molar-refractivity contribution in [3.63, 3.8) is 0 Å². The highest BCUT2D eigenvalue weighted by Crippen LogP contribution is 2.18. The second-order valence-corrected chi connectivity index (χ2v) is 4.69. The highest BCUT2D eigenvalue weighted by molar-refractivity contribution is 5.72. The number of aliphatic hydroxyl groups is 1. The van der Waals surface area contributed by atoms with E-state index < -0.39 is 54.9 Å². The lowest BCUT2D eigenvalue weighted by Gasteiger charge is -2.33. The first-order chi connectivity index (χ1) is 11.1. The molecule has 0 bridgehead atoms. The van der Waals surface area contributed by atoms with Gasteiger partial charge in [0.1, 0.15) is 0 Å². The Morgan fingerprint density at radius 1 is 0.792 bits per heavy atom. The fraction of sp³-hybridized carbons (Fsp3) is 0.643. The fourth-order valence-corrected chi connectivity index (χ4v) is 1.84. The van der Waals surface area contributed by atoms with Crippen molar-refractivity contribution in [1.82, 2.24) is 0 Å². The maximum Gasteiger partial charge on any atom is 0.303 e. The van der Waals surface area contributed by atoms with Crippen LogP contribution < -0.4 is 0 Å². The number of hydrogen-bond acceptors (Lipinski definition) is 10. The van der Waals surface area contributed by atoms with Crippen LogP contribution >= 0.6 is 0 Å². The van der Waals surface area contributed by atoms with Gasteiger partial charge in [0.25, 0.3) is 0 Å². The summed E-state index contributed by atoms with van der Waals surface area (Å²) in [5.41, 5.74) is 0. The van der Waals surface area contributed by atoms with E-state index in [1.807, 2.05) is 0 Å². The summed E-state index contributed by atoms with van der Waals surface area (Å²) in [5, 5.41) is 9.37. The molecule has 0 spiro atoms. The molecule has 24 heavy (non-hydrogen) atoms. The van der Waals surface area contributed by atoms with E-state index in [0.717, 1.165) is 27.7 Å². The van der Waals surface area contributed by atoms with Gasteiger partial charge in [-0.1, -0.05) is 0 Å². The average molecular weight is 348 g/mol. The van der Waals surface area contributed by atoms with Crippen molar-refractivity contribution in [3.8, 4) is 0 Å². The van der Waals surface area contributed by atoms with Gasteiger partial charge >= 0.3 is 23.9 Å². The number of esters is 4. The first kappa shape index (κ1) is 21.5. The van der Waals surface area contributed by atoms with Crippen LogP contribution in [0.25, 0.3) is 0 Å². The van der Waals surface area contributed by atoms with Crippen LogP contribution in [0.15, 0.2) is 0 Å². The van der Waals surface area contributed by atoms with Gasteiger partial charge in [-0.05, 0) is 0 Å². The minimum absolute atomic E-state index is 0.160. The molecule has 0 heterocycles. The quantitative estimate of drug-likeness (QED) is 0.310. The summed E-state index contributed by atoms with van der Waals surface area (Å²) in [6.07, 6.45) is -6.12. The van der Waals surface area contributed by atoms with Gasteiger partial charge in [-0.3, -0.25) is 24.0 Å². The predicted molar refractivity (Wildman–Crippen MR) is 75.4 cm³/mol. The van der Waals surface area contributed by atoms with Crippen molar-refractivity contribution in [3.05, 3.63) is 0 Å². The third-order valence-corrected chi connectivity index (χ3v) is 2.55. The number of ether oxygens (including phenoxy) is 4. The Bertz CT molecular complexity index is 486. The van der Waals surface area contributed by atoms with E-state index in [1.165, 1.54) is 0 Å². The molecular formula is C14H20O10. The third-order valence-electron chi connectivity index (χ3n) is 2.55. The lowest BCUT2D eigenvalue weighted by atomic mass is 10.0. The minimum Gasteiger partial charge on any atom is -0.456 e. The molecule has 0 aliphatic carbocycles. The van der Waals surface area contributed by atoms with Gasteiger partial charge in [0.2, 0.25) is 0 Å². The van der Waals surface area contributed by atoms with E-state index in [0.29, 0.717) is 0 Å². The Balaban J connectivity index is 5.79. The monoisotopic (exact) mass is 348 g/mol. The number of aldehydes is 1. The third kappa shape index (κ3) is 7.68. The first-order valence-electron chi connectivity index (χ1n) is 6.87. The molecule has 136 valence electrons. The molecule has 4 atom stereocenters. The zero-order valence-electron chi connectivity index (χ0n) is 13.7. The molecule has 0 aliphatic rings. The first-order valence-corrected chi connectivity index (χ1v) is 6.87. The maximum absolute atomic E-state index is 11.3. The average Bonchev–Trinajstić information content (AvgIpc) is 2.45. The SMILES string of the molecule is CC(=O)O[C@H]([C@H](OC(C)=O)[C@H](CO)OC(C)=O)[C@H](C=O)OC(C)=O. The van der Waals surface area contributed by atoms with Crippen LogP contribution in [0.1, 0.15) is 27.7 Å². The van der Waals surface area contributed by atoms with Crippen LogP contribution in [0.3, 0.4) is 0 Å². The van der Waals surface area contributed by atoms with Crippen molar-refractivity contribution >= 4 is 30.2 Å². The summed E-state index contributed by atoms with van der Waals surface area (Å²) in [6, 6.07) is 0. The van der Waals surface area contributed by atoms with Crippen LogP contribution in [0.4, 0.5) is 0 Å². The summed E-state index contributed by atoms with van der Waals surface area (Å²) in [4.78, 5) is 56.0. The van der Waals surface area contributed by atoms with Crippen LogP contribution in [0.2, 0.25) is 0 Å². The molecule has 0 rings (SSSR count). The fourth-order valence-electron chi connectivity index (χ4n) is 1.84. The van der Waals surface area contributed by atoms with Gasteiger partial charge in [-0.2, -0.15) is 0 Å². The lowest BCUT2D eigenvalue weighted by Crippen LogP contribution is -2.53. The topological polar surface area (TPSA) is 142 Å². The number of aliphatic hydroxyl groups excluding tert-OH is 1. The van der Waals surface area contributed by atoms with Gasteiger partial charge in [0.05, 0.1) is 6.61 Å². The number of rotatable bonds is 9. The molecule has 0 aromatic heterocycles. The van der Waals surface area contributed by atoms with Gasteiger partial charge in [-0.25, -0.2) is 0 Å². The Kier molecular flexibility index (Phi) is 9.25.